The minimum absolute atomic E-state index is 0.0640. The Bertz CT molecular complexity index is 926. The van der Waals surface area contributed by atoms with Gasteiger partial charge in [-0.25, -0.2) is 9.18 Å². The van der Waals surface area contributed by atoms with Crippen LogP contribution in [0.2, 0.25) is 0 Å². The Morgan fingerprint density at radius 3 is 1.97 bits per heavy atom. The SMILES string of the molecule is C#Cc1cc(C(F)(F)F)cc(C(F)(F)F)c1OC(=O)N(C)c1ccc(F)cc1.CC. The van der Waals surface area contributed by atoms with E-state index >= 15 is 0 Å². The average molecular weight is 435 g/mol. The van der Waals surface area contributed by atoms with Gasteiger partial charge in [0.1, 0.15) is 11.4 Å². The van der Waals surface area contributed by atoms with Gasteiger partial charge in [-0.1, -0.05) is 19.8 Å². The molecule has 0 N–H and O–H groups in total. The highest BCUT2D eigenvalue weighted by Gasteiger charge is 2.41. The van der Waals surface area contributed by atoms with E-state index in [-0.39, 0.29) is 17.8 Å². The van der Waals surface area contributed by atoms with Crippen LogP contribution in [0.4, 0.5) is 41.2 Å². The molecule has 0 aliphatic heterocycles. The third-order valence-corrected chi connectivity index (χ3v) is 3.55. The van der Waals surface area contributed by atoms with Gasteiger partial charge in [-0.15, -0.1) is 6.42 Å². The molecule has 2 aromatic carbocycles. The first-order valence-electron chi connectivity index (χ1n) is 8.34. The fourth-order valence-electron chi connectivity index (χ4n) is 2.15. The Morgan fingerprint density at radius 1 is 1.00 bits per heavy atom. The zero-order valence-electron chi connectivity index (χ0n) is 16.0. The number of amides is 1. The van der Waals surface area contributed by atoms with Gasteiger partial charge in [0.05, 0.1) is 11.1 Å². The molecule has 2 aromatic rings. The molecular weight excluding hydrogens is 419 g/mol. The third-order valence-electron chi connectivity index (χ3n) is 3.55. The molecule has 0 aliphatic carbocycles. The van der Waals surface area contributed by atoms with E-state index in [9.17, 15) is 35.5 Å². The van der Waals surface area contributed by atoms with Crippen molar-refractivity contribution in [3.8, 4) is 18.1 Å². The zero-order chi connectivity index (χ0) is 23.3. The van der Waals surface area contributed by atoms with Crippen LogP contribution in [0.1, 0.15) is 30.5 Å². The smallest absolute Gasteiger partial charge is 0.408 e. The van der Waals surface area contributed by atoms with Gasteiger partial charge in [-0.3, -0.25) is 4.90 Å². The molecule has 1 amide bonds. The van der Waals surface area contributed by atoms with E-state index in [1.54, 1.807) is 5.92 Å². The molecule has 0 aromatic heterocycles. The van der Waals surface area contributed by atoms with E-state index < -0.39 is 46.7 Å². The average Bonchev–Trinajstić information content (AvgIpc) is 2.67. The van der Waals surface area contributed by atoms with E-state index in [1.165, 1.54) is 0 Å². The molecule has 0 fully saturated rings. The Labute approximate surface area is 168 Å². The number of hydrogen-bond acceptors (Lipinski definition) is 2. The first-order valence-corrected chi connectivity index (χ1v) is 8.34. The second kappa shape index (κ2) is 9.52. The summed E-state index contributed by atoms with van der Waals surface area (Å²) in [6.07, 6.45) is -6.72. The van der Waals surface area contributed by atoms with Crippen LogP contribution in [0.15, 0.2) is 36.4 Å². The molecule has 0 radical (unpaired) electrons. The van der Waals surface area contributed by atoms with Crippen molar-refractivity contribution in [3.63, 3.8) is 0 Å². The van der Waals surface area contributed by atoms with Crippen LogP contribution in [0.5, 0.6) is 5.75 Å². The summed E-state index contributed by atoms with van der Waals surface area (Å²) < 4.78 is 96.0. The predicted molar refractivity (Wildman–Crippen MR) is 96.6 cm³/mol. The molecule has 10 heteroatoms. The molecule has 0 unspecified atom stereocenters. The van der Waals surface area contributed by atoms with E-state index in [0.717, 1.165) is 36.2 Å². The van der Waals surface area contributed by atoms with Crippen molar-refractivity contribution < 1.29 is 40.3 Å². The second-order valence-electron chi connectivity index (χ2n) is 5.44. The summed E-state index contributed by atoms with van der Waals surface area (Å²) >= 11 is 0. The van der Waals surface area contributed by atoms with Gasteiger partial charge in [0, 0.05) is 12.7 Å². The van der Waals surface area contributed by atoms with Crippen LogP contribution in [-0.4, -0.2) is 13.1 Å². The highest BCUT2D eigenvalue weighted by atomic mass is 19.4. The highest BCUT2D eigenvalue weighted by Crippen LogP contribution is 2.42. The number of carbonyl (C=O) groups is 1. The number of benzene rings is 2. The Hall–Kier alpha value is -3.22. The second-order valence-corrected chi connectivity index (χ2v) is 5.44. The summed E-state index contributed by atoms with van der Waals surface area (Å²) in [6, 6.07) is 4.36. The van der Waals surface area contributed by atoms with Gasteiger partial charge in [-0.2, -0.15) is 26.3 Å². The van der Waals surface area contributed by atoms with Crippen molar-refractivity contribution in [1.29, 1.82) is 0 Å². The van der Waals surface area contributed by atoms with E-state index in [4.69, 9.17) is 6.42 Å². The highest BCUT2D eigenvalue weighted by molar-refractivity contribution is 5.89. The Balaban J connectivity index is 0.00000218. The minimum atomic E-state index is -5.28. The fourth-order valence-corrected chi connectivity index (χ4v) is 2.15. The molecular formula is C20H16F7NO2. The molecule has 2 rings (SSSR count). The monoisotopic (exact) mass is 435 g/mol. The molecule has 3 nitrogen and oxygen atoms in total. The number of alkyl halides is 6. The van der Waals surface area contributed by atoms with Gasteiger partial charge in [0.2, 0.25) is 0 Å². The van der Waals surface area contributed by atoms with Gasteiger partial charge >= 0.3 is 18.4 Å². The molecule has 0 aliphatic rings. The lowest BCUT2D eigenvalue weighted by Gasteiger charge is -2.21. The number of halogens is 7. The van der Waals surface area contributed by atoms with Crippen LogP contribution in [-0.2, 0) is 12.4 Å². The molecule has 0 atom stereocenters. The predicted octanol–water partition coefficient (Wildman–Crippen LogP) is 6.51. The van der Waals surface area contributed by atoms with Gasteiger partial charge in [0.15, 0.2) is 5.75 Å². The molecule has 30 heavy (non-hydrogen) atoms. The van der Waals surface area contributed by atoms with E-state index in [1.807, 2.05) is 13.8 Å². The van der Waals surface area contributed by atoms with E-state index in [0.29, 0.717) is 0 Å². The number of hydrogen-bond donors (Lipinski definition) is 0. The summed E-state index contributed by atoms with van der Waals surface area (Å²) in [7, 11) is 1.11. The van der Waals surface area contributed by atoms with Crippen molar-refractivity contribution >= 4 is 11.8 Å². The fraction of sp³-hybridized carbons (Fsp3) is 0.250. The van der Waals surface area contributed by atoms with E-state index in [2.05, 4.69) is 4.74 Å². The first-order chi connectivity index (χ1) is 13.8. The maximum Gasteiger partial charge on any atom is 0.420 e. The van der Waals surface area contributed by atoms with Crippen molar-refractivity contribution in [1.82, 2.24) is 0 Å². The summed E-state index contributed by atoms with van der Waals surface area (Å²) in [6.45, 7) is 4.00. The third kappa shape index (κ3) is 5.89. The molecule has 0 saturated carbocycles. The standard InChI is InChI=1S/C18H10F7NO2.C2H6/c1-3-10-8-11(17(20,21)22)9-14(18(23,24)25)15(10)28-16(27)26(2)13-6-4-12(19)5-7-13;1-2/h1,4-9H,2H3;1-2H3. The number of carbonyl (C=O) groups excluding carboxylic acids is 1. The summed E-state index contributed by atoms with van der Waals surface area (Å²) in [5.41, 5.74) is -4.33. The van der Waals surface area contributed by atoms with Crippen molar-refractivity contribution in [2.24, 2.45) is 0 Å². The van der Waals surface area contributed by atoms with Crippen molar-refractivity contribution in [3.05, 3.63) is 58.9 Å². The number of nitrogens with zero attached hydrogens (tertiary/aromatic N) is 1. The van der Waals surface area contributed by atoms with Crippen LogP contribution in [0.3, 0.4) is 0 Å². The topological polar surface area (TPSA) is 29.5 Å². The van der Waals surface area contributed by atoms with Gasteiger partial charge in [0.25, 0.3) is 0 Å². The summed E-state index contributed by atoms with van der Waals surface area (Å²) in [5, 5.41) is 0. The number of ether oxygens (including phenoxy) is 1. The van der Waals surface area contributed by atoms with Crippen LogP contribution < -0.4 is 9.64 Å². The molecule has 0 heterocycles. The Morgan fingerprint density at radius 2 is 1.53 bits per heavy atom. The summed E-state index contributed by atoms with van der Waals surface area (Å²) in [5.74, 6) is -0.190. The molecule has 0 saturated heterocycles. The van der Waals surface area contributed by atoms with Crippen LogP contribution in [0, 0.1) is 18.2 Å². The number of terminal acetylenes is 1. The van der Waals surface area contributed by atoms with Gasteiger partial charge < -0.3 is 4.74 Å². The number of anilines is 1. The van der Waals surface area contributed by atoms with Crippen LogP contribution in [0.25, 0.3) is 0 Å². The normalized spacial score (nSPS) is 11.1. The first kappa shape index (κ1) is 24.8. The number of rotatable bonds is 2. The lowest BCUT2D eigenvalue weighted by atomic mass is 10.0. The van der Waals surface area contributed by atoms with Crippen LogP contribution >= 0.6 is 0 Å². The Kier molecular flexibility index (Phi) is 7.87. The lowest BCUT2D eigenvalue weighted by Crippen LogP contribution is -2.30. The maximum atomic E-state index is 13.3. The molecule has 0 spiro atoms. The molecule has 0 bridgehead atoms. The quantitative estimate of drug-likeness (QED) is 0.398. The van der Waals surface area contributed by atoms with Gasteiger partial charge in [-0.05, 0) is 36.4 Å². The minimum Gasteiger partial charge on any atom is -0.408 e. The zero-order valence-corrected chi connectivity index (χ0v) is 16.0. The maximum absolute atomic E-state index is 13.3. The van der Waals surface area contributed by atoms with Crippen molar-refractivity contribution in [2.75, 3.05) is 11.9 Å². The van der Waals surface area contributed by atoms with Crippen molar-refractivity contribution in [2.45, 2.75) is 26.2 Å². The summed E-state index contributed by atoms with van der Waals surface area (Å²) in [4.78, 5) is 12.9. The molecule has 162 valence electrons. The largest absolute Gasteiger partial charge is 0.420 e. The lowest BCUT2D eigenvalue weighted by molar-refractivity contribution is -0.143.